The van der Waals surface area contributed by atoms with E-state index < -0.39 is 15.9 Å². The zero-order valence-electron chi connectivity index (χ0n) is 21.9. The number of nitrogens with one attached hydrogen (secondary N) is 1. The molecule has 9 heteroatoms. The molecule has 0 saturated carbocycles. The Morgan fingerprint density at radius 3 is 2.47 bits per heavy atom. The predicted molar refractivity (Wildman–Crippen MR) is 146 cm³/mol. The second-order valence-corrected chi connectivity index (χ2v) is 11.6. The maximum absolute atomic E-state index is 12.4. The van der Waals surface area contributed by atoms with Crippen LogP contribution in [0.2, 0.25) is 0 Å². The molecule has 0 aliphatic carbocycles. The molecule has 4 aromatic rings. The summed E-state index contributed by atoms with van der Waals surface area (Å²) >= 11 is 0. The number of nitrogens with zero attached hydrogens (tertiary/aromatic N) is 3. The zero-order chi connectivity index (χ0) is 26.9. The molecule has 0 bridgehead atoms. The van der Waals surface area contributed by atoms with Gasteiger partial charge in [0.05, 0.1) is 34.3 Å². The fourth-order valence-corrected chi connectivity index (χ4v) is 5.96. The summed E-state index contributed by atoms with van der Waals surface area (Å²) < 4.78 is 34.9. The molecule has 0 radical (unpaired) electrons. The molecular weight excluding hydrogens is 500 g/mol. The quantitative estimate of drug-likeness (QED) is 0.354. The molecule has 198 valence electrons. The van der Waals surface area contributed by atoms with Gasteiger partial charge in [-0.05, 0) is 57.7 Å². The maximum atomic E-state index is 12.4. The second kappa shape index (κ2) is 10.7. The predicted octanol–water partition coefficient (Wildman–Crippen LogP) is 4.65. The van der Waals surface area contributed by atoms with E-state index in [-0.39, 0.29) is 17.2 Å². The molecule has 1 atom stereocenters. The number of sulfonamides is 1. The maximum Gasteiger partial charge on any atom is 0.264 e. The number of fused-ring (bicyclic) bond motifs is 1. The summed E-state index contributed by atoms with van der Waals surface area (Å²) in [4.78, 5) is 22.0. The minimum Gasteiger partial charge on any atom is -0.381 e. The van der Waals surface area contributed by atoms with Crippen molar-refractivity contribution >= 4 is 21.6 Å². The third kappa shape index (κ3) is 5.49. The van der Waals surface area contributed by atoms with Crippen LogP contribution < -0.4 is 4.72 Å². The number of amides is 1. The molecule has 0 spiro atoms. The summed E-state index contributed by atoms with van der Waals surface area (Å²) in [6.07, 6.45) is 4.30. The fraction of sp³-hybridized carbons (Fsp3) is 0.345. The molecule has 2 aromatic carbocycles. The lowest BCUT2D eigenvalue weighted by atomic mass is 9.98. The van der Waals surface area contributed by atoms with Crippen molar-refractivity contribution in [2.75, 3.05) is 13.2 Å². The number of aryl methyl sites for hydroxylation is 4. The van der Waals surface area contributed by atoms with Gasteiger partial charge in [-0.25, -0.2) is 18.1 Å². The monoisotopic (exact) mass is 532 g/mol. The van der Waals surface area contributed by atoms with E-state index in [0.717, 1.165) is 58.1 Å². The molecule has 1 amide bonds. The van der Waals surface area contributed by atoms with Crippen molar-refractivity contribution in [3.05, 3.63) is 82.9 Å². The molecular formula is C29H32N4O4S. The van der Waals surface area contributed by atoms with Gasteiger partial charge in [-0.2, -0.15) is 0 Å². The van der Waals surface area contributed by atoms with Crippen LogP contribution in [0.5, 0.6) is 0 Å². The lowest BCUT2D eigenvalue weighted by Gasteiger charge is -2.11. The highest BCUT2D eigenvalue weighted by atomic mass is 32.2. The Morgan fingerprint density at radius 2 is 1.79 bits per heavy atom. The van der Waals surface area contributed by atoms with Crippen LogP contribution in [0.3, 0.4) is 0 Å². The molecule has 1 saturated heterocycles. The first-order valence-electron chi connectivity index (χ1n) is 12.9. The Morgan fingerprint density at radius 1 is 1.05 bits per heavy atom. The number of hydrogen-bond acceptors (Lipinski definition) is 6. The minimum atomic E-state index is -3.86. The molecule has 38 heavy (non-hydrogen) atoms. The van der Waals surface area contributed by atoms with Gasteiger partial charge in [0.25, 0.3) is 10.0 Å². The summed E-state index contributed by atoms with van der Waals surface area (Å²) in [5.41, 5.74) is 7.90. The van der Waals surface area contributed by atoms with Gasteiger partial charge in [-0.15, -0.1) is 0 Å². The van der Waals surface area contributed by atoms with Crippen LogP contribution in [0.25, 0.3) is 16.9 Å². The number of rotatable bonds is 8. The molecule has 1 aliphatic rings. The van der Waals surface area contributed by atoms with Gasteiger partial charge < -0.3 is 4.74 Å². The highest BCUT2D eigenvalue weighted by Gasteiger charge is 2.27. The number of aromatic nitrogens is 3. The summed E-state index contributed by atoms with van der Waals surface area (Å²) in [5, 5.41) is 0. The molecule has 1 N–H and O–H groups in total. The second-order valence-electron chi connectivity index (χ2n) is 9.96. The Kier molecular flexibility index (Phi) is 7.32. The minimum absolute atomic E-state index is 0.0872. The first-order chi connectivity index (χ1) is 18.2. The molecule has 2 aromatic heterocycles. The van der Waals surface area contributed by atoms with Crippen molar-refractivity contribution in [2.45, 2.75) is 57.3 Å². The van der Waals surface area contributed by atoms with E-state index in [9.17, 15) is 13.2 Å². The van der Waals surface area contributed by atoms with E-state index >= 15 is 0 Å². The molecule has 5 rings (SSSR count). The molecule has 1 unspecified atom stereocenters. The molecule has 3 heterocycles. The standard InChI is InChI=1S/C29H32N4O4S/c1-19-7-13-25(14-8-19)38(35,36)32-26(34)6-4-5-22-9-11-23(12-10-22)28-27(24-15-16-37-18-24)31-29-21(3)30-20(2)17-33(28)29/h7-14,17,24H,4-6,15-16,18H2,1-3H3,(H,32,34). The van der Waals surface area contributed by atoms with Gasteiger partial charge in [0.15, 0.2) is 5.65 Å². The van der Waals surface area contributed by atoms with Crippen LogP contribution in [0.4, 0.5) is 0 Å². The summed E-state index contributed by atoms with van der Waals surface area (Å²) in [5.74, 6) is -0.255. The van der Waals surface area contributed by atoms with E-state index in [4.69, 9.17) is 9.72 Å². The number of benzene rings is 2. The van der Waals surface area contributed by atoms with Crippen molar-refractivity contribution in [1.82, 2.24) is 19.1 Å². The Labute approximate surface area is 223 Å². The zero-order valence-corrected chi connectivity index (χ0v) is 22.7. The van der Waals surface area contributed by atoms with Crippen molar-refractivity contribution in [1.29, 1.82) is 0 Å². The topological polar surface area (TPSA) is 103 Å². The smallest absolute Gasteiger partial charge is 0.264 e. The first kappa shape index (κ1) is 26.1. The fourth-order valence-electron chi connectivity index (χ4n) is 4.94. The third-order valence-corrected chi connectivity index (χ3v) is 8.30. The normalized spacial score (nSPS) is 15.7. The van der Waals surface area contributed by atoms with Crippen molar-refractivity contribution in [2.24, 2.45) is 0 Å². The van der Waals surface area contributed by atoms with Crippen LogP contribution in [0, 0.1) is 20.8 Å². The third-order valence-electron chi connectivity index (χ3n) is 6.91. The SMILES string of the molecule is Cc1ccc(S(=O)(=O)NC(=O)CCCc2ccc(-c3c(C4CCOC4)nc4c(C)nc(C)cn34)cc2)cc1. The van der Waals surface area contributed by atoms with E-state index in [0.29, 0.717) is 19.4 Å². The van der Waals surface area contributed by atoms with Crippen LogP contribution in [0.1, 0.15) is 53.4 Å². The summed E-state index contributed by atoms with van der Waals surface area (Å²) in [6.45, 7) is 7.26. The van der Waals surface area contributed by atoms with E-state index in [2.05, 4.69) is 38.4 Å². The highest BCUT2D eigenvalue weighted by Crippen LogP contribution is 2.35. The first-order valence-corrected chi connectivity index (χ1v) is 14.3. The number of ether oxygens (including phenoxy) is 1. The summed E-state index contributed by atoms with van der Waals surface area (Å²) in [7, 11) is -3.86. The largest absolute Gasteiger partial charge is 0.381 e. The van der Waals surface area contributed by atoms with Gasteiger partial charge in [0.2, 0.25) is 5.91 Å². The lowest BCUT2D eigenvalue weighted by Crippen LogP contribution is -2.30. The highest BCUT2D eigenvalue weighted by molar-refractivity contribution is 7.90. The van der Waals surface area contributed by atoms with E-state index in [1.54, 1.807) is 12.1 Å². The van der Waals surface area contributed by atoms with Crippen molar-refractivity contribution in [3.63, 3.8) is 0 Å². The number of hydrogen-bond donors (Lipinski definition) is 1. The Bertz CT molecular complexity index is 1570. The van der Waals surface area contributed by atoms with Gasteiger partial charge in [0.1, 0.15) is 0 Å². The molecule has 1 fully saturated rings. The van der Waals surface area contributed by atoms with Gasteiger partial charge >= 0.3 is 0 Å². The van der Waals surface area contributed by atoms with Gasteiger partial charge in [0, 0.05) is 30.7 Å². The molecule has 1 aliphatic heterocycles. The average molecular weight is 533 g/mol. The average Bonchev–Trinajstić information content (AvgIpc) is 3.53. The van der Waals surface area contributed by atoms with Gasteiger partial charge in [-0.3, -0.25) is 14.2 Å². The lowest BCUT2D eigenvalue weighted by molar-refractivity contribution is -0.119. The van der Waals surface area contributed by atoms with Crippen LogP contribution in [0.15, 0.2) is 59.6 Å². The van der Waals surface area contributed by atoms with Crippen LogP contribution in [-0.4, -0.2) is 41.9 Å². The van der Waals surface area contributed by atoms with Gasteiger partial charge in [-0.1, -0.05) is 42.0 Å². The Balaban J connectivity index is 1.28. The van der Waals surface area contributed by atoms with E-state index in [1.807, 2.05) is 27.0 Å². The Hall–Kier alpha value is -3.56. The number of carbonyl (C=O) groups is 1. The van der Waals surface area contributed by atoms with Crippen LogP contribution >= 0.6 is 0 Å². The van der Waals surface area contributed by atoms with Crippen molar-refractivity contribution < 1.29 is 17.9 Å². The van der Waals surface area contributed by atoms with E-state index in [1.165, 1.54) is 12.1 Å². The summed E-state index contributed by atoms with van der Waals surface area (Å²) in [6, 6.07) is 14.7. The van der Waals surface area contributed by atoms with Crippen molar-refractivity contribution in [3.8, 4) is 11.3 Å². The number of carbonyl (C=O) groups excluding carboxylic acids is 1. The molecule has 8 nitrogen and oxygen atoms in total. The van der Waals surface area contributed by atoms with Crippen LogP contribution in [-0.2, 0) is 26.0 Å². The number of imidazole rings is 1.